The van der Waals surface area contributed by atoms with E-state index in [0.717, 1.165) is 24.8 Å². The van der Waals surface area contributed by atoms with Gasteiger partial charge in [0, 0.05) is 13.2 Å². The lowest BCUT2D eigenvalue weighted by atomic mass is 10.1. The highest BCUT2D eigenvalue weighted by Crippen LogP contribution is 2.11. The summed E-state index contributed by atoms with van der Waals surface area (Å²) in [7, 11) is 1.64. The van der Waals surface area contributed by atoms with Crippen LogP contribution in [0.4, 0.5) is 0 Å². The zero-order valence-corrected chi connectivity index (χ0v) is 10.2. The molecule has 88 valence electrons. The van der Waals surface area contributed by atoms with Gasteiger partial charge in [-0.1, -0.05) is 0 Å². The van der Waals surface area contributed by atoms with Crippen LogP contribution >= 0.6 is 11.8 Å². The first-order valence-electron chi connectivity index (χ1n) is 5.29. The molecule has 2 N–H and O–H groups in total. The van der Waals surface area contributed by atoms with Crippen LogP contribution in [0.25, 0.3) is 0 Å². The van der Waals surface area contributed by atoms with E-state index in [9.17, 15) is 4.79 Å². The van der Waals surface area contributed by atoms with Crippen LogP contribution in [-0.2, 0) is 9.53 Å². The largest absolute Gasteiger partial charge is 0.383 e. The monoisotopic (exact) mass is 232 g/mol. The maximum atomic E-state index is 11.4. The topological polar surface area (TPSA) is 50.4 Å². The highest BCUT2D eigenvalue weighted by atomic mass is 32.2. The predicted octanol–water partition coefficient (Wildman–Crippen LogP) is 0.0901. The molecule has 1 aliphatic heterocycles. The summed E-state index contributed by atoms with van der Waals surface area (Å²) in [5.41, 5.74) is 0. The quantitative estimate of drug-likeness (QED) is 0.653. The Morgan fingerprint density at radius 1 is 1.67 bits per heavy atom. The van der Waals surface area contributed by atoms with Crippen LogP contribution in [0.5, 0.6) is 0 Å². The lowest BCUT2D eigenvalue weighted by molar-refractivity contribution is -0.119. The first kappa shape index (κ1) is 12.8. The SMILES string of the molecule is COCC(C)NC(=O)CSCC1CNC1. The van der Waals surface area contributed by atoms with Crippen LogP contribution in [0.1, 0.15) is 6.92 Å². The summed E-state index contributed by atoms with van der Waals surface area (Å²) in [5, 5.41) is 6.11. The summed E-state index contributed by atoms with van der Waals surface area (Å²) in [6.07, 6.45) is 0. The average molecular weight is 232 g/mol. The molecule has 0 aromatic rings. The number of thioether (sulfide) groups is 1. The summed E-state index contributed by atoms with van der Waals surface area (Å²) in [5.74, 6) is 2.51. The number of amides is 1. The Morgan fingerprint density at radius 2 is 2.40 bits per heavy atom. The first-order chi connectivity index (χ1) is 7.22. The van der Waals surface area contributed by atoms with Crippen LogP contribution in [0.3, 0.4) is 0 Å². The van der Waals surface area contributed by atoms with E-state index >= 15 is 0 Å². The Kier molecular flexibility index (Phi) is 6.05. The van der Waals surface area contributed by atoms with Gasteiger partial charge in [-0.25, -0.2) is 0 Å². The molecule has 0 aromatic carbocycles. The summed E-state index contributed by atoms with van der Waals surface area (Å²) in [6.45, 7) is 4.73. The second kappa shape index (κ2) is 7.09. The normalized spacial score (nSPS) is 18.3. The minimum Gasteiger partial charge on any atom is -0.383 e. The fourth-order valence-electron chi connectivity index (χ4n) is 1.39. The van der Waals surface area contributed by atoms with E-state index in [-0.39, 0.29) is 11.9 Å². The maximum Gasteiger partial charge on any atom is 0.230 e. The Hall–Kier alpha value is -0.260. The Labute approximate surface area is 95.5 Å². The van der Waals surface area contributed by atoms with Gasteiger partial charge in [-0.2, -0.15) is 11.8 Å². The second-order valence-electron chi connectivity index (χ2n) is 3.96. The molecule has 15 heavy (non-hydrogen) atoms. The van der Waals surface area contributed by atoms with Crippen molar-refractivity contribution in [3.63, 3.8) is 0 Å². The first-order valence-corrected chi connectivity index (χ1v) is 6.44. The van der Waals surface area contributed by atoms with Crippen molar-refractivity contribution in [2.75, 3.05) is 38.3 Å². The van der Waals surface area contributed by atoms with Crippen LogP contribution in [0.2, 0.25) is 0 Å². The third kappa shape index (κ3) is 5.39. The lowest BCUT2D eigenvalue weighted by Crippen LogP contribution is -2.43. The van der Waals surface area contributed by atoms with Crippen LogP contribution in [-0.4, -0.2) is 50.3 Å². The molecule has 0 aromatic heterocycles. The minimum atomic E-state index is 0.105. The van der Waals surface area contributed by atoms with Gasteiger partial charge >= 0.3 is 0 Å². The molecule has 4 nitrogen and oxygen atoms in total. The van der Waals surface area contributed by atoms with Crippen LogP contribution in [0.15, 0.2) is 0 Å². The van der Waals surface area contributed by atoms with Crippen molar-refractivity contribution < 1.29 is 9.53 Å². The van der Waals surface area contributed by atoms with Gasteiger partial charge in [0.1, 0.15) is 0 Å². The van der Waals surface area contributed by atoms with E-state index in [1.807, 2.05) is 6.92 Å². The van der Waals surface area contributed by atoms with Gasteiger partial charge < -0.3 is 15.4 Å². The molecule has 5 heteroatoms. The maximum absolute atomic E-state index is 11.4. The number of methoxy groups -OCH3 is 1. The molecule has 0 bridgehead atoms. The minimum absolute atomic E-state index is 0.105. The van der Waals surface area contributed by atoms with E-state index in [2.05, 4.69) is 10.6 Å². The van der Waals surface area contributed by atoms with Gasteiger partial charge in [0.05, 0.1) is 12.4 Å². The molecule has 0 spiro atoms. The Bertz CT molecular complexity index is 198. The number of hydrogen-bond acceptors (Lipinski definition) is 4. The molecule has 1 rings (SSSR count). The van der Waals surface area contributed by atoms with E-state index < -0.39 is 0 Å². The molecular formula is C10H20N2O2S. The van der Waals surface area contributed by atoms with Crippen LogP contribution < -0.4 is 10.6 Å². The fourth-order valence-corrected chi connectivity index (χ4v) is 2.35. The molecule has 1 amide bonds. The summed E-state index contributed by atoms with van der Waals surface area (Å²) < 4.78 is 4.94. The average Bonchev–Trinajstić information content (AvgIpc) is 2.09. The number of nitrogens with one attached hydrogen (secondary N) is 2. The number of rotatable bonds is 7. The van der Waals surface area contributed by atoms with Crippen molar-refractivity contribution in [2.45, 2.75) is 13.0 Å². The van der Waals surface area contributed by atoms with Gasteiger partial charge in [0.25, 0.3) is 0 Å². The van der Waals surface area contributed by atoms with Crippen molar-refractivity contribution in [2.24, 2.45) is 5.92 Å². The molecule has 1 fully saturated rings. The molecule has 0 radical (unpaired) electrons. The Balaban J connectivity index is 1.97. The van der Waals surface area contributed by atoms with Crippen molar-refractivity contribution in [1.82, 2.24) is 10.6 Å². The third-order valence-corrected chi connectivity index (χ3v) is 3.45. The standard InChI is InChI=1S/C10H20N2O2S/c1-8(5-14-2)12-10(13)7-15-6-9-3-11-4-9/h8-9,11H,3-7H2,1-2H3,(H,12,13). The van der Waals surface area contributed by atoms with Gasteiger partial charge in [0.2, 0.25) is 5.91 Å². The summed E-state index contributed by atoms with van der Waals surface area (Å²) in [4.78, 5) is 11.4. The molecule has 1 saturated heterocycles. The number of ether oxygens (including phenoxy) is 1. The zero-order valence-electron chi connectivity index (χ0n) is 9.41. The summed E-state index contributed by atoms with van der Waals surface area (Å²) >= 11 is 1.71. The molecule has 1 aliphatic rings. The predicted molar refractivity (Wildman–Crippen MR) is 63.2 cm³/mol. The molecular weight excluding hydrogens is 212 g/mol. The Morgan fingerprint density at radius 3 is 2.93 bits per heavy atom. The van der Waals surface area contributed by atoms with Crippen molar-refractivity contribution in [3.8, 4) is 0 Å². The van der Waals surface area contributed by atoms with E-state index in [0.29, 0.717) is 12.4 Å². The molecule has 1 unspecified atom stereocenters. The van der Waals surface area contributed by atoms with Crippen molar-refractivity contribution >= 4 is 17.7 Å². The van der Waals surface area contributed by atoms with Gasteiger partial charge in [-0.05, 0) is 31.7 Å². The van der Waals surface area contributed by atoms with E-state index in [1.54, 1.807) is 18.9 Å². The van der Waals surface area contributed by atoms with Crippen molar-refractivity contribution in [3.05, 3.63) is 0 Å². The van der Waals surface area contributed by atoms with Crippen molar-refractivity contribution in [1.29, 1.82) is 0 Å². The number of carbonyl (C=O) groups excluding carboxylic acids is 1. The lowest BCUT2D eigenvalue weighted by Gasteiger charge is -2.26. The second-order valence-corrected chi connectivity index (χ2v) is 4.99. The molecule has 0 aliphatic carbocycles. The van der Waals surface area contributed by atoms with E-state index in [1.165, 1.54) is 0 Å². The van der Waals surface area contributed by atoms with Crippen LogP contribution in [0, 0.1) is 5.92 Å². The zero-order chi connectivity index (χ0) is 11.1. The number of hydrogen-bond donors (Lipinski definition) is 2. The highest BCUT2D eigenvalue weighted by molar-refractivity contribution is 7.99. The smallest absolute Gasteiger partial charge is 0.230 e. The molecule has 1 atom stereocenters. The molecule has 1 heterocycles. The van der Waals surface area contributed by atoms with Gasteiger partial charge in [-0.3, -0.25) is 4.79 Å². The fraction of sp³-hybridized carbons (Fsp3) is 0.900. The highest BCUT2D eigenvalue weighted by Gasteiger charge is 2.16. The van der Waals surface area contributed by atoms with Gasteiger partial charge in [0.15, 0.2) is 0 Å². The molecule has 0 saturated carbocycles. The third-order valence-electron chi connectivity index (χ3n) is 2.28. The summed E-state index contributed by atoms with van der Waals surface area (Å²) in [6, 6.07) is 0.105. The number of carbonyl (C=O) groups is 1. The van der Waals surface area contributed by atoms with E-state index in [4.69, 9.17) is 4.74 Å². The van der Waals surface area contributed by atoms with Gasteiger partial charge in [-0.15, -0.1) is 0 Å².